The van der Waals surface area contributed by atoms with Crippen molar-refractivity contribution in [3.8, 4) is 0 Å². The summed E-state index contributed by atoms with van der Waals surface area (Å²) >= 11 is 2.05. The second-order valence-corrected chi connectivity index (χ2v) is 6.36. The summed E-state index contributed by atoms with van der Waals surface area (Å²) in [4.78, 5) is 4.64. The zero-order valence-electron chi connectivity index (χ0n) is 10.0. The summed E-state index contributed by atoms with van der Waals surface area (Å²) in [5.41, 5.74) is 0. The van der Waals surface area contributed by atoms with Gasteiger partial charge in [-0.2, -0.15) is 16.9 Å². The fourth-order valence-electron chi connectivity index (χ4n) is 2.75. The lowest BCUT2D eigenvalue weighted by Gasteiger charge is -2.20. The normalized spacial score (nSPS) is 28.3. The van der Waals surface area contributed by atoms with E-state index in [9.17, 15) is 5.11 Å². The summed E-state index contributed by atoms with van der Waals surface area (Å²) in [6.07, 6.45) is 6.82. The minimum atomic E-state index is 0.163. The van der Waals surface area contributed by atoms with Crippen molar-refractivity contribution in [2.45, 2.75) is 49.8 Å². The molecular formula is C12H19N3OS. The van der Waals surface area contributed by atoms with Crippen molar-refractivity contribution in [1.29, 1.82) is 0 Å². The van der Waals surface area contributed by atoms with Crippen LogP contribution in [-0.2, 0) is 12.8 Å². The van der Waals surface area contributed by atoms with Gasteiger partial charge in [0, 0.05) is 18.1 Å². The standard InChI is InChI=1S/C12H19N3OS/c16-8-9-3-1-5-12-13-11(14-15(9)12)7-10-4-2-6-17-10/h9-10,16H,1-8H2. The first-order valence-corrected chi connectivity index (χ1v) is 7.58. The van der Waals surface area contributed by atoms with Gasteiger partial charge in [0.25, 0.3) is 0 Å². The van der Waals surface area contributed by atoms with Gasteiger partial charge in [-0.3, -0.25) is 0 Å². The van der Waals surface area contributed by atoms with E-state index in [2.05, 4.69) is 21.8 Å². The van der Waals surface area contributed by atoms with Crippen LogP contribution in [0.1, 0.15) is 43.4 Å². The number of rotatable bonds is 3. The fraction of sp³-hybridized carbons (Fsp3) is 0.833. The van der Waals surface area contributed by atoms with Crippen molar-refractivity contribution < 1.29 is 5.11 Å². The van der Waals surface area contributed by atoms with Gasteiger partial charge in [-0.1, -0.05) is 0 Å². The second kappa shape index (κ2) is 4.98. The molecule has 0 aliphatic carbocycles. The topological polar surface area (TPSA) is 50.9 Å². The molecule has 1 fully saturated rings. The Morgan fingerprint density at radius 3 is 3.06 bits per heavy atom. The SMILES string of the molecule is OCC1CCCc2nc(CC3CCCS3)nn21. The van der Waals surface area contributed by atoms with Gasteiger partial charge < -0.3 is 5.11 Å². The maximum atomic E-state index is 9.34. The number of nitrogens with zero attached hydrogens (tertiary/aromatic N) is 3. The first-order valence-electron chi connectivity index (χ1n) is 6.53. The van der Waals surface area contributed by atoms with Gasteiger partial charge in [0.15, 0.2) is 5.82 Å². The molecule has 1 saturated heterocycles. The van der Waals surface area contributed by atoms with Crippen LogP contribution in [0, 0.1) is 0 Å². The van der Waals surface area contributed by atoms with Gasteiger partial charge >= 0.3 is 0 Å². The minimum Gasteiger partial charge on any atom is -0.394 e. The molecule has 2 atom stereocenters. The molecule has 0 radical (unpaired) electrons. The van der Waals surface area contributed by atoms with Crippen LogP contribution >= 0.6 is 11.8 Å². The molecule has 2 aliphatic rings. The Balaban J connectivity index is 1.75. The predicted octanol–water partition coefficient (Wildman–Crippen LogP) is 1.59. The highest BCUT2D eigenvalue weighted by atomic mass is 32.2. The van der Waals surface area contributed by atoms with Crippen molar-refractivity contribution >= 4 is 11.8 Å². The Hall–Kier alpha value is -0.550. The Labute approximate surface area is 106 Å². The van der Waals surface area contributed by atoms with Gasteiger partial charge in [-0.15, -0.1) is 0 Å². The van der Waals surface area contributed by atoms with E-state index >= 15 is 0 Å². The molecule has 0 saturated carbocycles. The monoisotopic (exact) mass is 253 g/mol. The number of thioether (sulfide) groups is 1. The summed E-state index contributed by atoms with van der Waals surface area (Å²) in [7, 11) is 0. The maximum Gasteiger partial charge on any atom is 0.152 e. The van der Waals surface area contributed by atoms with Crippen LogP contribution in [0.4, 0.5) is 0 Å². The molecular weight excluding hydrogens is 234 g/mol. The third-order valence-corrected chi connectivity index (χ3v) is 5.07. The first-order chi connectivity index (χ1) is 8.36. The van der Waals surface area contributed by atoms with Gasteiger partial charge in [0.2, 0.25) is 0 Å². The molecule has 94 valence electrons. The van der Waals surface area contributed by atoms with Crippen LogP contribution in [0.3, 0.4) is 0 Å². The van der Waals surface area contributed by atoms with E-state index in [0.717, 1.165) is 37.3 Å². The summed E-state index contributed by atoms with van der Waals surface area (Å²) in [6.45, 7) is 0.188. The second-order valence-electron chi connectivity index (χ2n) is 4.96. The smallest absolute Gasteiger partial charge is 0.152 e. The van der Waals surface area contributed by atoms with Gasteiger partial charge in [0.1, 0.15) is 5.82 Å². The number of aliphatic hydroxyl groups is 1. The number of aromatic nitrogens is 3. The highest BCUT2D eigenvalue weighted by Crippen LogP contribution is 2.29. The molecule has 3 rings (SSSR count). The molecule has 5 heteroatoms. The van der Waals surface area contributed by atoms with E-state index < -0.39 is 0 Å². The number of aryl methyl sites for hydroxylation is 1. The van der Waals surface area contributed by atoms with Gasteiger partial charge in [-0.25, -0.2) is 9.67 Å². The molecule has 1 aromatic rings. The van der Waals surface area contributed by atoms with E-state index in [-0.39, 0.29) is 12.6 Å². The lowest BCUT2D eigenvalue weighted by molar-refractivity contribution is 0.194. The molecule has 2 aliphatic heterocycles. The minimum absolute atomic E-state index is 0.163. The number of aliphatic hydroxyl groups excluding tert-OH is 1. The van der Waals surface area contributed by atoms with Crippen LogP contribution in [-0.4, -0.2) is 37.5 Å². The van der Waals surface area contributed by atoms with Crippen molar-refractivity contribution in [1.82, 2.24) is 14.8 Å². The zero-order chi connectivity index (χ0) is 11.7. The van der Waals surface area contributed by atoms with Crippen LogP contribution < -0.4 is 0 Å². The number of fused-ring (bicyclic) bond motifs is 1. The third-order valence-electron chi connectivity index (χ3n) is 3.67. The summed E-state index contributed by atoms with van der Waals surface area (Å²) in [6, 6.07) is 0.163. The van der Waals surface area contributed by atoms with Crippen molar-refractivity contribution in [2.75, 3.05) is 12.4 Å². The molecule has 0 bridgehead atoms. The molecule has 4 nitrogen and oxygen atoms in total. The average molecular weight is 253 g/mol. The quantitative estimate of drug-likeness (QED) is 0.888. The maximum absolute atomic E-state index is 9.34. The van der Waals surface area contributed by atoms with Gasteiger partial charge in [0.05, 0.1) is 12.6 Å². The van der Waals surface area contributed by atoms with E-state index in [1.807, 2.05) is 4.68 Å². The predicted molar refractivity (Wildman–Crippen MR) is 68.3 cm³/mol. The van der Waals surface area contributed by atoms with E-state index in [1.54, 1.807) is 0 Å². The molecule has 17 heavy (non-hydrogen) atoms. The van der Waals surface area contributed by atoms with Crippen LogP contribution in [0.2, 0.25) is 0 Å². The van der Waals surface area contributed by atoms with Crippen molar-refractivity contribution in [3.63, 3.8) is 0 Å². The number of hydrogen-bond acceptors (Lipinski definition) is 4. The van der Waals surface area contributed by atoms with E-state index in [1.165, 1.54) is 18.6 Å². The number of hydrogen-bond donors (Lipinski definition) is 1. The lowest BCUT2D eigenvalue weighted by atomic mass is 10.1. The molecule has 0 spiro atoms. The summed E-state index contributed by atoms with van der Waals surface area (Å²) in [5.74, 6) is 3.35. The van der Waals surface area contributed by atoms with Crippen molar-refractivity contribution in [3.05, 3.63) is 11.6 Å². The Bertz CT molecular complexity index is 387. The largest absolute Gasteiger partial charge is 0.394 e. The molecule has 0 aromatic carbocycles. The van der Waals surface area contributed by atoms with Crippen LogP contribution in [0.25, 0.3) is 0 Å². The summed E-state index contributed by atoms with van der Waals surface area (Å²) < 4.78 is 1.97. The molecule has 1 N–H and O–H groups in total. The Morgan fingerprint density at radius 1 is 1.35 bits per heavy atom. The van der Waals surface area contributed by atoms with Crippen LogP contribution in [0.15, 0.2) is 0 Å². The Kier molecular flexibility index (Phi) is 3.38. The Morgan fingerprint density at radius 2 is 2.29 bits per heavy atom. The first kappa shape index (κ1) is 11.5. The van der Waals surface area contributed by atoms with E-state index in [4.69, 9.17) is 0 Å². The van der Waals surface area contributed by atoms with Crippen molar-refractivity contribution in [2.24, 2.45) is 0 Å². The molecule has 0 amide bonds. The average Bonchev–Trinajstić information content (AvgIpc) is 2.97. The van der Waals surface area contributed by atoms with Crippen LogP contribution in [0.5, 0.6) is 0 Å². The highest BCUT2D eigenvalue weighted by Gasteiger charge is 2.24. The summed E-state index contributed by atoms with van der Waals surface area (Å²) in [5, 5.41) is 14.7. The third kappa shape index (κ3) is 2.36. The van der Waals surface area contributed by atoms with Gasteiger partial charge in [-0.05, 0) is 31.4 Å². The molecule has 1 aromatic heterocycles. The lowest BCUT2D eigenvalue weighted by Crippen LogP contribution is -2.22. The zero-order valence-corrected chi connectivity index (χ0v) is 10.8. The highest BCUT2D eigenvalue weighted by molar-refractivity contribution is 8.00. The fourth-order valence-corrected chi connectivity index (χ4v) is 4.02. The van der Waals surface area contributed by atoms with E-state index in [0.29, 0.717) is 5.25 Å². The molecule has 2 unspecified atom stereocenters. The molecule has 3 heterocycles.